The molecule has 2 aliphatic rings. The van der Waals surface area contributed by atoms with E-state index < -0.39 is 0 Å². The van der Waals surface area contributed by atoms with E-state index in [1.54, 1.807) is 6.07 Å². The van der Waals surface area contributed by atoms with E-state index in [0.29, 0.717) is 25.0 Å². The summed E-state index contributed by atoms with van der Waals surface area (Å²) in [5.74, 6) is 0.645. The molecule has 1 unspecified atom stereocenters. The molecule has 0 aromatic carbocycles. The van der Waals surface area contributed by atoms with Crippen molar-refractivity contribution >= 4 is 0 Å². The monoisotopic (exact) mass is 264 g/mol. The minimum absolute atomic E-state index is 0.102. The highest BCUT2D eigenvalue weighted by molar-refractivity contribution is 5.06. The summed E-state index contributed by atoms with van der Waals surface area (Å²) in [5.41, 5.74) is 0.692. The molecule has 2 fully saturated rings. The number of hydrogen-bond acceptors (Lipinski definition) is 5. The predicted octanol–water partition coefficient (Wildman–Crippen LogP) is 0.0250. The number of hydrogen-bond donors (Lipinski definition) is 2. The molecule has 2 heterocycles. The van der Waals surface area contributed by atoms with Crippen molar-refractivity contribution in [2.24, 2.45) is 0 Å². The normalized spacial score (nSPS) is 24.6. The van der Waals surface area contributed by atoms with Crippen molar-refractivity contribution in [1.29, 1.82) is 0 Å². The average Bonchev–Trinajstić information content (AvgIpc) is 3.20. The lowest BCUT2D eigenvalue weighted by Crippen LogP contribution is -2.37. The van der Waals surface area contributed by atoms with Gasteiger partial charge in [0.1, 0.15) is 11.9 Å². The highest BCUT2D eigenvalue weighted by Crippen LogP contribution is 2.20. The third-order valence-corrected chi connectivity index (χ3v) is 3.54. The highest BCUT2D eigenvalue weighted by atomic mass is 16.5. The number of H-pyrrole nitrogens is 1. The first-order chi connectivity index (χ1) is 9.20. The lowest BCUT2D eigenvalue weighted by Gasteiger charge is -2.29. The predicted molar refractivity (Wildman–Crippen MR) is 70.9 cm³/mol. The van der Waals surface area contributed by atoms with Gasteiger partial charge in [-0.1, -0.05) is 0 Å². The maximum Gasteiger partial charge on any atom is 0.251 e. The van der Waals surface area contributed by atoms with Crippen LogP contribution < -0.4 is 10.9 Å². The van der Waals surface area contributed by atoms with Crippen molar-refractivity contribution < 1.29 is 4.74 Å². The van der Waals surface area contributed by atoms with Gasteiger partial charge in [-0.3, -0.25) is 4.79 Å². The first kappa shape index (κ1) is 12.8. The summed E-state index contributed by atoms with van der Waals surface area (Å²) in [7, 11) is 2.05. The topological polar surface area (TPSA) is 70.2 Å². The Morgan fingerprint density at radius 2 is 2.42 bits per heavy atom. The Morgan fingerprint density at radius 3 is 3.16 bits per heavy atom. The number of nitrogens with zero attached hydrogens (tertiary/aromatic N) is 2. The van der Waals surface area contributed by atoms with Gasteiger partial charge in [-0.05, 0) is 19.9 Å². The second-order valence-electron chi connectivity index (χ2n) is 5.40. The van der Waals surface area contributed by atoms with Crippen molar-refractivity contribution in [2.75, 3.05) is 26.7 Å². The number of likely N-dealkylation sites (N-methyl/N-ethyl adjacent to an activating group) is 1. The zero-order valence-corrected chi connectivity index (χ0v) is 11.2. The van der Waals surface area contributed by atoms with Gasteiger partial charge in [0, 0.05) is 31.7 Å². The van der Waals surface area contributed by atoms with E-state index in [4.69, 9.17) is 4.74 Å². The SMILES string of the molecule is CN1CCOC(c2nc(CNC3CC3)cc(=O)[nH]2)C1. The molecule has 0 spiro atoms. The molecular formula is C13H20N4O2. The van der Waals surface area contributed by atoms with E-state index in [9.17, 15) is 4.79 Å². The van der Waals surface area contributed by atoms with Crippen LogP contribution >= 0.6 is 0 Å². The van der Waals surface area contributed by atoms with Gasteiger partial charge in [0.2, 0.25) is 0 Å². The van der Waals surface area contributed by atoms with Crippen LogP contribution in [-0.4, -0.2) is 47.7 Å². The molecule has 19 heavy (non-hydrogen) atoms. The second kappa shape index (κ2) is 5.40. The quantitative estimate of drug-likeness (QED) is 0.802. The molecule has 1 aliphatic carbocycles. The molecule has 1 aromatic rings. The van der Waals surface area contributed by atoms with E-state index in [0.717, 1.165) is 18.8 Å². The summed E-state index contributed by atoms with van der Waals surface area (Å²) in [6.07, 6.45) is 2.33. The van der Waals surface area contributed by atoms with E-state index in [2.05, 4.69) is 20.2 Å². The number of morpholine rings is 1. The van der Waals surface area contributed by atoms with Crippen molar-refractivity contribution in [1.82, 2.24) is 20.2 Å². The minimum atomic E-state index is -0.132. The lowest BCUT2D eigenvalue weighted by atomic mass is 10.2. The smallest absolute Gasteiger partial charge is 0.251 e. The molecule has 0 radical (unpaired) electrons. The van der Waals surface area contributed by atoms with Gasteiger partial charge < -0.3 is 19.9 Å². The maximum atomic E-state index is 11.7. The van der Waals surface area contributed by atoms with E-state index >= 15 is 0 Å². The summed E-state index contributed by atoms with van der Waals surface area (Å²) in [6, 6.07) is 2.17. The third kappa shape index (κ3) is 3.40. The third-order valence-electron chi connectivity index (χ3n) is 3.54. The van der Waals surface area contributed by atoms with Crippen LogP contribution in [-0.2, 0) is 11.3 Å². The molecule has 1 aromatic heterocycles. The van der Waals surface area contributed by atoms with Crippen LogP contribution in [0.15, 0.2) is 10.9 Å². The van der Waals surface area contributed by atoms with E-state index in [-0.39, 0.29) is 11.7 Å². The summed E-state index contributed by atoms with van der Waals surface area (Å²) < 4.78 is 5.69. The average molecular weight is 264 g/mol. The first-order valence-electron chi connectivity index (χ1n) is 6.84. The van der Waals surface area contributed by atoms with Crippen molar-refractivity contribution in [3.63, 3.8) is 0 Å². The Hall–Kier alpha value is -1.24. The Kier molecular flexibility index (Phi) is 3.63. The van der Waals surface area contributed by atoms with E-state index in [1.807, 2.05) is 7.05 Å². The van der Waals surface area contributed by atoms with Crippen molar-refractivity contribution in [2.45, 2.75) is 31.5 Å². The zero-order valence-electron chi connectivity index (χ0n) is 11.2. The zero-order chi connectivity index (χ0) is 13.2. The molecule has 1 atom stereocenters. The fourth-order valence-electron chi connectivity index (χ4n) is 2.25. The van der Waals surface area contributed by atoms with Crippen LogP contribution in [0.2, 0.25) is 0 Å². The Morgan fingerprint density at radius 1 is 1.58 bits per heavy atom. The van der Waals surface area contributed by atoms with Gasteiger partial charge in [0.15, 0.2) is 0 Å². The number of aromatic amines is 1. The molecule has 1 aliphatic heterocycles. The minimum Gasteiger partial charge on any atom is -0.368 e. The Labute approximate surface area is 112 Å². The molecule has 0 amide bonds. The largest absolute Gasteiger partial charge is 0.368 e. The second-order valence-corrected chi connectivity index (χ2v) is 5.40. The van der Waals surface area contributed by atoms with Gasteiger partial charge >= 0.3 is 0 Å². The van der Waals surface area contributed by atoms with Gasteiger partial charge in [0.05, 0.1) is 12.3 Å². The molecule has 0 bridgehead atoms. The van der Waals surface area contributed by atoms with Crippen LogP contribution in [0.4, 0.5) is 0 Å². The summed E-state index contributed by atoms with van der Waals surface area (Å²) in [5, 5.41) is 3.37. The fourth-order valence-corrected chi connectivity index (χ4v) is 2.25. The molecule has 1 saturated carbocycles. The van der Waals surface area contributed by atoms with Gasteiger partial charge in [-0.25, -0.2) is 4.98 Å². The van der Waals surface area contributed by atoms with Gasteiger partial charge in [-0.15, -0.1) is 0 Å². The molecule has 3 rings (SSSR count). The van der Waals surface area contributed by atoms with Crippen molar-refractivity contribution in [3.05, 3.63) is 27.9 Å². The summed E-state index contributed by atoms with van der Waals surface area (Å²) in [6.45, 7) is 3.02. The first-order valence-corrected chi connectivity index (χ1v) is 6.84. The lowest BCUT2D eigenvalue weighted by molar-refractivity contribution is -0.0257. The molecule has 6 nitrogen and oxygen atoms in total. The van der Waals surface area contributed by atoms with E-state index in [1.165, 1.54) is 12.8 Å². The summed E-state index contributed by atoms with van der Waals surface area (Å²) in [4.78, 5) is 21.2. The maximum absolute atomic E-state index is 11.7. The standard InChI is InChI=1S/C13H20N4O2/c1-17-4-5-19-11(8-17)13-15-10(6-12(18)16-13)7-14-9-2-3-9/h6,9,11,14H,2-5,7-8H2,1H3,(H,15,16,18). The van der Waals surface area contributed by atoms with Crippen LogP contribution in [0.5, 0.6) is 0 Å². The van der Waals surface area contributed by atoms with Gasteiger partial charge in [-0.2, -0.15) is 0 Å². The molecule has 1 saturated heterocycles. The van der Waals surface area contributed by atoms with Crippen LogP contribution in [0, 0.1) is 0 Å². The Bertz CT molecular complexity index is 498. The fraction of sp³-hybridized carbons (Fsp3) is 0.692. The summed E-state index contributed by atoms with van der Waals surface area (Å²) >= 11 is 0. The van der Waals surface area contributed by atoms with Crippen LogP contribution in [0.25, 0.3) is 0 Å². The molecule has 6 heteroatoms. The molecular weight excluding hydrogens is 244 g/mol. The van der Waals surface area contributed by atoms with Crippen LogP contribution in [0.1, 0.15) is 30.5 Å². The molecule has 104 valence electrons. The number of nitrogens with one attached hydrogen (secondary N) is 2. The Balaban J connectivity index is 1.73. The van der Waals surface area contributed by atoms with Crippen molar-refractivity contribution in [3.8, 4) is 0 Å². The number of aromatic nitrogens is 2. The van der Waals surface area contributed by atoms with Crippen LogP contribution in [0.3, 0.4) is 0 Å². The molecule has 2 N–H and O–H groups in total. The number of rotatable bonds is 4. The highest BCUT2D eigenvalue weighted by Gasteiger charge is 2.23. The van der Waals surface area contributed by atoms with Gasteiger partial charge in [0.25, 0.3) is 5.56 Å². The number of ether oxygens (including phenoxy) is 1.